The minimum absolute atomic E-state index is 0.638. The minimum Gasteiger partial charge on any atom is -0.381 e. The van der Waals surface area contributed by atoms with E-state index in [9.17, 15) is 0 Å². The molecule has 2 rings (SSSR count). The minimum atomic E-state index is 0.638. The predicted molar refractivity (Wildman–Crippen MR) is 73.7 cm³/mol. The number of anilines is 1. The SMILES string of the molecule is CN(CC1CCCOC1)c1ncccc1CBr. The van der Waals surface area contributed by atoms with Crippen molar-refractivity contribution in [2.75, 3.05) is 31.7 Å². The Morgan fingerprint density at radius 2 is 2.47 bits per heavy atom. The lowest BCUT2D eigenvalue weighted by molar-refractivity contribution is 0.0576. The monoisotopic (exact) mass is 298 g/mol. The Balaban J connectivity index is 2.00. The zero-order valence-corrected chi connectivity index (χ0v) is 11.8. The molecule has 0 aliphatic carbocycles. The van der Waals surface area contributed by atoms with Crippen LogP contribution in [0.4, 0.5) is 5.82 Å². The Morgan fingerprint density at radius 1 is 1.59 bits per heavy atom. The van der Waals surface area contributed by atoms with Crippen LogP contribution < -0.4 is 4.90 Å². The van der Waals surface area contributed by atoms with E-state index in [1.165, 1.54) is 18.4 Å². The van der Waals surface area contributed by atoms with Gasteiger partial charge in [-0.2, -0.15) is 0 Å². The first-order chi connectivity index (χ1) is 8.31. The number of ether oxygens (including phenoxy) is 1. The third-order valence-electron chi connectivity index (χ3n) is 3.16. The van der Waals surface area contributed by atoms with E-state index in [-0.39, 0.29) is 0 Å². The van der Waals surface area contributed by atoms with Crippen LogP contribution in [0, 0.1) is 5.92 Å². The summed E-state index contributed by atoms with van der Waals surface area (Å²) in [4.78, 5) is 6.72. The molecule has 1 unspecified atom stereocenters. The summed E-state index contributed by atoms with van der Waals surface area (Å²) < 4.78 is 5.52. The Labute approximate surface area is 111 Å². The standard InChI is InChI=1S/C13H19BrN2O/c1-16(9-11-4-3-7-17-10-11)13-12(8-14)5-2-6-15-13/h2,5-6,11H,3-4,7-10H2,1H3. The van der Waals surface area contributed by atoms with Gasteiger partial charge in [-0.15, -0.1) is 0 Å². The van der Waals surface area contributed by atoms with E-state index in [4.69, 9.17) is 4.74 Å². The quantitative estimate of drug-likeness (QED) is 0.799. The van der Waals surface area contributed by atoms with Gasteiger partial charge in [-0.25, -0.2) is 4.98 Å². The molecular formula is C13H19BrN2O. The van der Waals surface area contributed by atoms with Crippen molar-refractivity contribution in [2.24, 2.45) is 5.92 Å². The van der Waals surface area contributed by atoms with E-state index in [0.29, 0.717) is 5.92 Å². The van der Waals surface area contributed by atoms with Crippen molar-refractivity contribution >= 4 is 21.7 Å². The molecule has 3 nitrogen and oxygen atoms in total. The van der Waals surface area contributed by atoms with Gasteiger partial charge in [0.05, 0.1) is 6.61 Å². The number of halogens is 1. The number of nitrogens with zero attached hydrogens (tertiary/aromatic N) is 2. The smallest absolute Gasteiger partial charge is 0.132 e. The molecule has 2 heterocycles. The highest BCUT2D eigenvalue weighted by Crippen LogP contribution is 2.21. The van der Waals surface area contributed by atoms with Gasteiger partial charge in [-0.05, 0) is 24.8 Å². The molecule has 0 saturated carbocycles. The summed E-state index contributed by atoms with van der Waals surface area (Å²) in [5.41, 5.74) is 1.24. The molecule has 17 heavy (non-hydrogen) atoms. The summed E-state index contributed by atoms with van der Waals surface area (Å²) in [6, 6.07) is 4.10. The van der Waals surface area contributed by atoms with E-state index >= 15 is 0 Å². The first-order valence-electron chi connectivity index (χ1n) is 6.10. The molecule has 0 amide bonds. The lowest BCUT2D eigenvalue weighted by atomic mass is 10.0. The summed E-state index contributed by atoms with van der Waals surface area (Å²) in [6.45, 7) is 2.84. The first kappa shape index (κ1) is 12.8. The van der Waals surface area contributed by atoms with Gasteiger partial charge in [-0.1, -0.05) is 22.0 Å². The molecule has 1 atom stereocenters. The molecule has 4 heteroatoms. The van der Waals surface area contributed by atoms with Crippen LogP contribution in [0.1, 0.15) is 18.4 Å². The van der Waals surface area contributed by atoms with E-state index in [1.54, 1.807) is 0 Å². The second-order valence-corrected chi connectivity index (χ2v) is 5.14. The number of pyridine rings is 1. The number of hydrogen-bond acceptors (Lipinski definition) is 3. The Bertz CT molecular complexity index is 353. The van der Waals surface area contributed by atoms with Gasteiger partial charge in [0.25, 0.3) is 0 Å². The van der Waals surface area contributed by atoms with Gasteiger partial charge in [0.2, 0.25) is 0 Å². The highest BCUT2D eigenvalue weighted by molar-refractivity contribution is 9.08. The molecule has 0 spiro atoms. The number of hydrogen-bond donors (Lipinski definition) is 0. The van der Waals surface area contributed by atoms with Crippen molar-refractivity contribution < 1.29 is 4.74 Å². The lowest BCUT2D eigenvalue weighted by Crippen LogP contribution is -2.31. The van der Waals surface area contributed by atoms with Gasteiger partial charge in [-0.3, -0.25) is 0 Å². The van der Waals surface area contributed by atoms with Crippen LogP contribution in [0.2, 0.25) is 0 Å². The molecule has 1 aromatic rings. The molecule has 1 aromatic heterocycles. The highest BCUT2D eigenvalue weighted by atomic mass is 79.9. The number of aromatic nitrogens is 1. The molecule has 94 valence electrons. The topological polar surface area (TPSA) is 25.4 Å². The summed E-state index contributed by atoms with van der Waals surface area (Å²) in [7, 11) is 2.11. The number of rotatable bonds is 4. The van der Waals surface area contributed by atoms with E-state index in [1.807, 2.05) is 12.3 Å². The lowest BCUT2D eigenvalue weighted by Gasteiger charge is -2.28. The second-order valence-electron chi connectivity index (χ2n) is 4.58. The fourth-order valence-corrected chi connectivity index (χ4v) is 2.74. The molecule has 1 saturated heterocycles. The van der Waals surface area contributed by atoms with Gasteiger partial charge < -0.3 is 9.64 Å². The van der Waals surface area contributed by atoms with E-state index in [2.05, 4.69) is 38.9 Å². The largest absolute Gasteiger partial charge is 0.381 e. The van der Waals surface area contributed by atoms with Gasteiger partial charge >= 0.3 is 0 Å². The number of alkyl halides is 1. The highest BCUT2D eigenvalue weighted by Gasteiger charge is 2.17. The maximum Gasteiger partial charge on any atom is 0.132 e. The van der Waals surface area contributed by atoms with Crippen LogP contribution in [0.15, 0.2) is 18.3 Å². The van der Waals surface area contributed by atoms with Crippen LogP contribution in [-0.4, -0.2) is 31.8 Å². The summed E-state index contributed by atoms with van der Waals surface area (Å²) in [5.74, 6) is 1.72. The Hall–Kier alpha value is -0.610. The molecule has 0 aromatic carbocycles. The maximum absolute atomic E-state index is 5.52. The van der Waals surface area contributed by atoms with Crippen molar-refractivity contribution in [3.8, 4) is 0 Å². The van der Waals surface area contributed by atoms with Crippen molar-refractivity contribution in [3.63, 3.8) is 0 Å². The van der Waals surface area contributed by atoms with Crippen LogP contribution in [-0.2, 0) is 10.1 Å². The van der Waals surface area contributed by atoms with Crippen molar-refractivity contribution in [3.05, 3.63) is 23.9 Å². The zero-order valence-electron chi connectivity index (χ0n) is 10.2. The molecule has 0 bridgehead atoms. The average Bonchev–Trinajstić information content (AvgIpc) is 2.40. The molecule has 0 N–H and O–H groups in total. The fraction of sp³-hybridized carbons (Fsp3) is 0.615. The average molecular weight is 299 g/mol. The molecule has 1 fully saturated rings. The van der Waals surface area contributed by atoms with Crippen molar-refractivity contribution in [2.45, 2.75) is 18.2 Å². The summed E-state index contributed by atoms with van der Waals surface area (Å²) >= 11 is 3.51. The third-order valence-corrected chi connectivity index (χ3v) is 3.76. The maximum atomic E-state index is 5.52. The molecule has 0 radical (unpaired) electrons. The molecular weight excluding hydrogens is 280 g/mol. The Morgan fingerprint density at radius 3 is 3.18 bits per heavy atom. The Kier molecular flexibility index (Phi) is 4.80. The molecule has 1 aliphatic heterocycles. The van der Waals surface area contributed by atoms with Crippen molar-refractivity contribution in [1.82, 2.24) is 4.98 Å². The van der Waals surface area contributed by atoms with Crippen LogP contribution >= 0.6 is 15.9 Å². The normalized spacial score (nSPS) is 20.2. The first-order valence-corrected chi connectivity index (χ1v) is 7.22. The van der Waals surface area contributed by atoms with E-state index < -0.39 is 0 Å². The van der Waals surface area contributed by atoms with Crippen molar-refractivity contribution in [1.29, 1.82) is 0 Å². The fourth-order valence-electron chi connectivity index (χ4n) is 2.30. The van der Waals surface area contributed by atoms with E-state index in [0.717, 1.165) is 30.9 Å². The van der Waals surface area contributed by atoms with Gasteiger partial charge in [0.15, 0.2) is 0 Å². The third kappa shape index (κ3) is 3.42. The van der Waals surface area contributed by atoms with Crippen LogP contribution in [0.25, 0.3) is 0 Å². The second kappa shape index (κ2) is 6.36. The predicted octanol–water partition coefficient (Wildman–Crippen LogP) is 2.84. The van der Waals surface area contributed by atoms with Gasteiger partial charge in [0, 0.05) is 37.3 Å². The van der Waals surface area contributed by atoms with Gasteiger partial charge in [0.1, 0.15) is 5.82 Å². The summed E-state index contributed by atoms with van der Waals surface area (Å²) in [5, 5.41) is 0.849. The van der Waals surface area contributed by atoms with Crippen LogP contribution in [0.3, 0.4) is 0 Å². The van der Waals surface area contributed by atoms with Crippen LogP contribution in [0.5, 0.6) is 0 Å². The molecule has 1 aliphatic rings. The summed E-state index contributed by atoms with van der Waals surface area (Å²) in [6.07, 6.45) is 4.31. The zero-order chi connectivity index (χ0) is 12.1.